The summed E-state index contributed by atoms with van der Waals surface area (Å²) in [7, 11) is -3.37. The van der Waals surface area contributed by atoms with Crippen molar-refractivity contribution >= 4 is 21.4 Å². The second-order valence-electron chi connectivity index (χ2n) is 7.39. The summed E-state index contributed by atoms with van der Waals surface area (Å²) < 4.78 is 38.8. The van der Waals surface area contributed by atoms with Crippen molar-refractivity contribution in [2.24, 2.45) is 0 Å². The lowest BCUT2D eigenvalue weighted by atomic mass is 9.96. The molecule has 8 heteroatoms. The fourth-order valence-electron chi connectivity index (χ4n) is 3.43. The first-order valence-electron chi connectivity index (χ1n) is 9.60. The second kappa shape index (κ2) is 8.33. The summed E-state index contributed by atoms with van der Waals surface area (Å²) in [6.45, 7) is 1.62. The van der Waals surface area contributed by atoms with Crippen molar-refractivity contribution in [3.63, 3.8) is 0 Å². The van der Waals surface area contributed by atoms with E-state index in [0.717, 1.165) is 6.26 Å². The van der Waals surface area contributed by atoms with Crippen LogP contribution in [0.2, 0.25) is 5.02 Å². The molecule has 1 aromatic heterocycles. The average molecular weight is 469 g/mol. The minimum Gasteiger partial charge on any atom is -0.267 e. The van der Waals surface area contributed by atoms with Gasteiger partial charge in [-0.2, -0.15) is 9.78 Å². The zero-order chi connectivity index (χ0) is 23.0. The topological polar surface area (TPSA) is 69.0 Å². The Bertz CT molecular complexity index is 1500. The Labute approximate surface area is 189 Å². The molecule has 0 saturated carbocycles. The van der Waals surface area contributed by atoms with Gasteiger partial charge in [-0.05, 0) is 66.1 Å². The largest absolute Gasteiger partial charge is 0.280 e. The van der Waals surface area contributed by atoms with Crippen molar-refractivity contribution in [2.75, 3.05) is 6.26 Å². The van der Waals surface area contributed by atoms with Crippen molar-refractivity contribution in [3.05, 3.63) is 99.7 Å². The Balaban J connectivity index is 1.99. The van der Waals surface area contributed by atoms with E-state index in [1.165, 1.54) is 35.1 Å². The monoisotopic (exact) mass is 468 g/mol. The van der Waals surface area contributed by atoms with E-state index < -0.39 is 15.4 Å². The molecular formula is C24H18ClFN2O3S. The first kappa shape index (κ1) is 21.9. The van der Waals surface area contributed by atoms with Crippen molar-refractivity contribution in [1.29, 1.82) is 0 Å². The first-order valence-corrected chi connectivity index (χ1v) is 11.9. The van der Waals surface area contributed by atoms with Gasteiger partial charge in [0, 0.05) is 16.8 Å². The van der Waals surface area contributed by atoms with E-state index >= 15 is 0 Å². The van der Waals surface area contributed by atoms with Crippen molar-refractivity contribution < 1.29 is 12.8 Å². The molecule has 0 amide bonds. The van der Waals surface area contributed by atoms with Gasteiger partial charge >= 0.3 is 0 Å². The summed E-state index contributed by atoms with van der Waals surface area (Å²) >= 11 is 6.09. The lowest BCUT2D eigenvalue weighted by Crippen LogP contribution is -2.23. The predicted molar refractivity (Wildman–Crippen MR) is 124 cm³/mol. The maximum atomic E-state index is 13.9. The molecule has 0 aliphatic rings. The number of hydrogen-bond acceptors (Lipinski definition) is 4. The third-order valence-electron chi connectivity index (χ3n) is 5.07. The van der Waals surface area contributed by atoms with Crippen LogP contribution >= 0.6 is 11.6 Å². The highest BCUT2D eigenvalue weighted by molar-refractivity contribution is 7.90. The molecule has 5 nitrogen and oxygen atoms in total. The minimum atomic E-state index is -3.37. The van der Waals surface area contributed by atoms with Crippen LogP contribution in [0, 0.1) is 12.7 Å². The van der Waals surface area contributed by atoms with Gasteiger partial charge in [0.25, 0.3) is 5.56 Å². The molecule has 0 fully saturated rings. The molecule has 0 N–H and O–H groups in total. The highest BCUT2D eigenvalue weighted by Crippen LogP contribution is 2.31. The Morgan fingerprint density at radius 1 is 0.969 bits per heavy atom. The summed E-state index contributed by atoms with van der Waals surface area (Å²) in [6.07, 6.45) is 2.66. The quantitative estimate of drug-likeness (QED) is 0.419. The van der Waals surface area contributed by atoms with E-state index in [1.54, 1.807) is 49.4 Å². The predicted octanol–water partition coefficient (Wildman–Crippen LogP) is 5.07. The molecule has 0 radical (unpaired) electrons. The maximum absolute atomic E-state index is 13.9. The SMILES string of the molecule is Cc1cc(-c2c(-c3ccc(S(C)(=O)=O)cc3)cnn(-c3cccc(Cl)c3)c2=O)ccc1F. The molecule has 0 bridgehead atoms. The van der Waals surface area contributed by atoms with E-state index in [-0.39, 0.29) is 10.7 Å². The van der Waals surface area contributed by atoms with Crippen LogP contribution in [0.5, 0.6) is 0 Å². The van der Waals surface area contributed by atoms with E-state index in [1.807, 2.05) is 0 Å². The molecule has 0 aliphatic carbocycles. The summed E-state index contributed by atoms with van der Waals surface area (Å²) in [5.41, 5.74) is 2.41. The standard InChI is InChI=1S/C24H18ClFN2O3S/c1-15-12-17(8-11-22(15)26)23-21(16-6-9-20(10-7-16)32(2,30)31)14-27-28(24(23)29)19-5-3-4-18(25)13-19/h3-14H,1-2H3. The van der Waals surface area contributed by atoms with E-state index in [9.17, 15) is 17.6 Å². The van der Waals surface area contributed by atoms with Crippen LogP contribution in [0.4, 0.5) is 4.39 Å². The molecule has 1 heterocycles. The highest BCUT2D eigenvalue weighted by Gasteiger charge is 2.18. The van der Waals surface area contributed by atoms with Gasteiger partial charge in [-0.15, -0.1) is 0 Å². The van der Waals surface area contributed by atoms with Crippen LogP contribution in [0.1, 0.15) is 5.56 Å². The number of aromatic nitrogens is 2. The maximum Gasteiger partial charge on any atom is 0.280 e. The van der Waals surface area contributed by atoms with Crippen LogP contribution in [0.3, 0.4) is 0 Å². The van der Waals surface area contributed by atoms with E-state index in [2.05, 4.69) is 5.10 Å². The number of halogens is 2. The molecule has 4 aromatic rings. The van der Waals surface area contributed by atoms with E-state index in [0.29, 0.717) is 38.5 Å². The second-order valence-corrected chi connectivity index (χ2v) is 9.84. The van der Waals surface area contributed by atoms with Crippen molar-refractivity contribution in [3.8, 4) is 27.9 Å². The lowest BCUT2D eigenvalue weighted by Gasteiger charge is -2.14. The molecular weight excluding hydrogens is 451 g/mol. The molecule has 32 heavy (non-hydrogen) atoms. The van der Waals surface area contributed by atoms with Gasteiger partial charge in [0.2, 0.25) is 0 Å². The Morgan fingerprint density at radius 2 is 1.66 bits per heavy atom. The number of hydrogen-bond donors (Lipinski definition) is 0. The van der Waals surface area contributed by atoms with Gasteiger partial charge in [0.1, 0.15) is 5.82 Å². The lowest BCUT2D eigenvalue weighted by molar-refractivity contribution is 0.602. The normalized spacial score (nSPS) is 11.5. The van der Waals surface area contributed by atoms with Gasteiger partial charge < -0.3 is 0 Å². The Hall–Kier alpha value is -3.29. The number of benzene rings is 3. The van der Waals surface area contributed by atoms with Gasteiger partial charge in [-0.1, -0.05) is 35.9 Å². The molecule has 4 rings (SSSR count). The van der Waals surface area contributed by atoms with Crippen LogP contribution in [-0.2, 0) is 9.84 Å². The fraction of sp³-hybridized carbons (Fsp3) is 0.0833. The third-order valence-corrected chi connectivity index (χ3v) is 6.43. The minimum absolute atomic E-state index is 0.167. The van der Waals surface area contributed by atoms with Crippen LogP contribution in [0.25, 0.3) is 27.9 Å². The summed E-state index contributed by atoms with van der Waals surface area (Å²) in [5, 5.41) is 4.77. The molecule has 0 aliphatic heterocycles. The fourth-order valence-corrected chi connectivity index (χ4v) is 4.24. The Kier molecular flexibility index (Phi) is 5.71. The number of aryl methyl sites for hydroxylation is 1. The zero-order valence-corrected chi connectivity index (χ0v) is 18.8. The zero-order valence-electron chi connectivity index (χ0n) is 17.2. The molecule has 0 atom stereocenters. The summed E-state index contributed by atoms with van der Waals surface area (Å²) in [6, 6.07) is 17.4. The number of nitrogens with zero attached hydrogens (tertiary/aromatic N) is 2. The van der Waals surface area contributed by atoms with E-state index in [4.69, 9.17) is 11.6 Å². The van der Waals surface area contributed by atoms with Crippen LogP contribution in [-0.4, -0.2) is 24.5 Å². The van der Waals surface area contributed by atoms with Crippen molar-refractivity contribution in [2.45, 2.75) is 11.8 Å². The van der Waals surface area contributed by atoms with Gasteiger partial charge in [0.05, 0.1) is 22.3 Å². The van der Waals surface area contributed by atoms with Gasteiger partial charge in [-0.3, -0.25) is 4.79 Å². The number of sulfone groups is 1. The number of rotatable bonds is 4. The Morgan fingerprint density at radius 3 is 2.28 bits per heavy atom. The summed E-state index contributed by atoms with van der Waals surface area (Å²) in [5.74, 6) is -0.378. The molecule has 0 saturated heterocycles. The third kappa shape index (κ3) is 4.22. The first-order chi connectivity index (χ1) is 15.1. The molecule has 162 valence electrons. The highest BCUT2D eigenvalue weighted by atomic mass is 35.5. The van der Waals surface area contributed by atoms with Gasteiger partial charge in [-0.25, -0.2) is 12.8 Å². The van der Waals surface area contributed by atoms with Crippen molar-refractivity contribution in [1.82, 2.24) is 9.78 Å². The van der Waals surface area contributed by atoms with Crippen LogP contribution < -0.4 is 5.56 Å². The van der Waals surface area contributed by atoms with Gasteiger partial charge in [0.15, 0.2) is 9.84 Å². The molecule has 0 spiro atoms. The average Bonchev–Trinajstić information content (AvgIpc) is 2.75. The summed E-state index contributed by atoms with van der Waals surface area (Å²) in [4.78, 5) is 13.7. The van der Waals surface area contributed by atoms with Crippen LogP contribution in [0.15, 0.2) is 82.6 Å². The smallest absolute Gasteiger partial charge is 0.267 e. The molecule has 0 unspecified atom stereocenters. The molecule has 3 aromatic carbocycles.